The zero-order chi connectivity index (χ0) is 19.6. The van der Waals surface area contributed by atoms with Crippen LogP contribution in [0.4, 0.5) is 0 Å². The molecule has 0 spiro atoms. The van der Waals surface area contributed by atoms with E-state index in [0.29, 0.717) is 18.0 Å². The van der Waals surface area contributed by atoms with E-state index in [1.807, 2.05) is 11.6 Å². The standard InChI is InChI=1S/C22H31N5O/c1-13-19-17(21(28)26-15-7-8-16(26)12-23-10-9-15)11-18(14-5-6-14)24-20(19)27(25-13)22(2,3)4/h11,14-16,23H,5-10,12H2,1-4H3. The minimum Gasteiger partial charge on any atom is -0.331 e. The summed E-state index contributed by atoms with van der Waals surface area (Å²) in [5.74, 6) is 0.684. The van der Waals surface area contributed by atoms with Gasteiger partial charge in [-0.15, -0.1) is 0 Å². The zero-order valence-electron chi connectivity index (χ0n) is 17.5. The number of hydrogen-bond acceptors (Lipinski definition) is 4. The Hall–Kier alpha value is -1.95. The van der Waals surface area contributed by atoms with Crippen molar-refractivity contribution in [2.45, 2.75) is 83.3 Å². The first-order valence-corrected chi connectivity index (χ1v) is 10.8. The van der Waals surface area contributed by atoms with Crippen molar-refractivity contribution in [1.82, 2.24) is 25.0 Å². The summed E-state index contributed by atoms with van der Waals surface area (Å²) in [5.41, 5.74) is 3.50. The Balaban J connectivity index is 1.68. The van der Waals surface area contributed by atoms with E-state index < -0.39 is 0 Å². The van der Waals surface area contributed by atoms with Gasteiger partial charge in [0.1, 0.15) is 0 Å². The Bertz CT molecular complexity index is 923. The van der Waals surface area contributed by atoms with E-state index in [9.17, 15) is 4.79 Å². The molecule has 2 atom stereocenters. The SMILES string of the molecule is Cc1nn(C(C)(C)C)c2nc(C3CC3)cc(C(=O)N3C4CCNCC3CC4)c12. The summed E-state index contributed by atoms with van der Waals surface area (Å²) >= 11 is 0. The first kappa shape index (κ1) is 18.1. The second-order valence-electron chi connectivity index (χ2n) is 9.83. The maximum Gasteiger partial charge on any atom is 0.255 e. The molecule has 0 radical (unpaired) electrons. The van der Waals surface area contributed by atoms with Gasteiger partial charge in [-0.3, -0.25) is 4.79 Å². The molecule has 2 bridgehead atoms. The van der Waals surface area contributed by atoms with Gasteiger partial charge >= 0.3 is 0 Å². The first-order chi connectivity index (χ1) is 13.3. The molecule has 3 aliphatic rings. The molecule has 4 heterocycles. The zero-order valence-corrected chi connectivity index (χ0v) is 17.5. The van der Waals surface area contributed by atoms with Crippen molar-refractivity contribution in [3.05, 3.63) is 23.0 Å². The molecular weight excluding hydrogens is 350 g/mol. The molecule has 6 nitrogen and oxygen atoms in total. The molecule has 2 aromatic rings. The Morgan fingerprint density at radius 2 is 1.89 bits per heavy atom. The molecule has 1 N–H and O–H groups in total. The summed E-state index contributed by atoms with van der Waals surface area (Å²) in [6, 6.07) is 2.76. The van der Waals surface area contributed by atoms with Crippen LogP contribution in [0, 0.1) is 6.92 Å². The molecule has 1 aliphatic carbocycles. The third-order valence-electron chi connectivity index (χ3n) is 6.58. The fraction of sp³-hybridized carbons (Fsp3) is 0.682. The number of rotatable bonds is 2. The van der Waals surface area contributed by atoms with E-state index in [1.54, 1.807) is 0 Å². The molecule has 6 heteroatoms. The highest BCUT2D eigenvalue weighted by Crippen LogP contribution is 2.41. The van der Waals surface area contributed by atoms with Gasteiger partial charge in [0.25, 0.3) is 5.91 Å². The number of nitrogens with one attached hydrogen (secondary N) is 1. The van der Waals surface area contributed by atoms with Crippen molar-refractivity contribution in [2.75, 3.05) is 13.1 Å². The van der Waals surface area contributed by atoms with Gasteiger partial charge in [-0.25, -0.2) is 9.67 Å². The molecule has 1 saturated carbocycles. The largest absolute Gasteiger partial charge is 0.331 e. The number of aromatic nitrogens is 3. The van der Waals surface area contributed by atoms with E-state index in [0.717, 1.165) is 60.3 Å². The maximum atomic E-state index is 13.9. The lowest BCUT2D eigenvalue weighted by Crippen LogP contribution is -2.42. The van der Waals surface area contributed by atoms with Crippen LogP contribution in [0.3, 0.4) is 0 Å². The maximum absolute atomic E-state index is 13.9. The Kier molecular flexibility index (Phi) is 4.06. The molecule has 2 aromatic heterocycles. The Morgan fingerprint density at radius 3 is 2.61 bits per heavy atom. The number of hydrogen-bond donors (Lipinski definition) is 1. The van der Waals surface area contributed by atoms with Crippen molar-refractivity contribution < 1.29 is 4.79 Å². The minimum absolute atomic E-state index is 0.173. The van der Waals surface area contributed by atoms with Gasteiger partial charge in [-0.05, 0) is 72.4 Å². The highest BCUT2D eigenvalue weighted by Gasteiger charge is 2.40. The van der Waals surface area contributed by atoms with Crippen molar-refractivity contribution in [3.8, 4) is 0 Å². The highest BCUT2D eigenvalue weighted by molar-refractivity contribution is 6.07. The average Bonchev–Trinajstić information content (AvgIpc) is 3.35. The van der Waals surface area contributed by atoms with Gasteiger partial charge in [0, 0.05) is 30.2 Å². The molecule has 2 saturated heterocycles. The van der Waals surface area contributed by atoms with Crippen LogP contribution in [0.1, 0.15) is 80.5 Å². The quantitative estimate of drug-likeness (QED) is 0.867. The summed E-state index contributed by atoms with van der Waals surface area (Å²) in [6.45, 7) is 10.4. The van der Waals surface area contributed by atoms with Crippen molar-refractivity contribution in [3.63, 3.8) is 0 Å². The Labute approximate surface area is 166 Å². The molecule has 2 aliphatic heterocycles. The monoisotopic (exact) mass is 381 g/mol. The van der Waals surface area contributed by atoms with Gasteiger partial charge in [0.2, 0.25) is 0 Å². The van der Waals surface area contributed by atoms with Crippen molar-refractivity contribution in [2.24, 2.45) is 0 Å². The van der Waals surface area contributed by atoms with Crippen LogP contribution in [-0.2, 0) is 5.54 Å². The average molecular weight is 382 g/mol. The van der Waals surface area contributed by atoms with Crippen molar-refractivity contribution >= 4 is 16.9 Å². The number of nitrogens with zero attached hydrogens (tertiary/aromatic N) is 4. The smallest absolute Gasteiger partial charge is 0.255 e. The molecule has 2 unspecified atom stereocenters. The summed E-state index contributed by atoms with van der Waals surface area (Å²) in [5, 5.41) is 9.26. The van der Waals surface area contributed by atoms with Crippen molar-refractivity contribution in [1.29, 1.82) is 0 Å². The van der Waals surface area contributed by atoms with Crippen LogP contribution >= 0.6 is 0 Å². The summed E-state index contributed by atoms with van der Waals surface area (Å²) in [6.07, 6.45) is 5.63. The fourth-order valence-electron chi connectivity index (χ4n) is 4.99. The molecule has 28 heavy (non-hydrogen) atoms. The lowest BCUT2D eigenvalue weighted by atomic mass is 10.0. The lowest BCUT2D eigenvalue weighted by molar-refractivity contribution is 0.0682. The number of fused-ring (bicyclic) bond motifs is 3. The minimum atomic E-state index is -0.173. The third-order valence-corrected chi connectivity index (χ3v) is 6.58. The summed E-state index contributed by atoms with van der Waals surface area (Å²) in [4.78, 5) is 21.0. The third kappa shape index (κ3) is 2.84. The number of carbonyl (C=O) groups excluding carboxylic acids is 1. The molecule has 150 valence electrons. The van der Waals surface area contributed by atoms with Gasteiger partial charge in [0.15, 0.2) is 5.65 Å². The van der Waals surface area contributed by atoms with Gasteiger partial charge in [-0.1, -0.05) is 0 Å². The predicted molar refractivity (Wildman–Crippen MR) is 110 cm³/mol. The van der Waals surface area contributed by atoms with Gasteiger partial charge in [0.05, 0.1) is 22.2 Å². The van der Waals surface area contributed by atoms with Crippen LogP contribution in [0.5, 0.6) is 0 Å². The predicted octanol–water partition coefficient (Wildman–Crippen LogP) is 3.34. The van der Waals surface area contributed by atoms with E-state index in [2.05, 4.69) is 37.1 Å². The van der Waals surface area contributed by atoms with Crippen LogP contribution in [0.25, 0.3) is 11.0 Å². The number of amides is 1. The van der Waals surface area contributed by atoms with E-state index >= 15 is 0 Å². The van der Waals surface area contributed by atoms with Gasteiger partial charge in [-0.2, -0.15) is 5.10 Å². The molecule has 0 aromatic carbocycles. The van der Waals surface area contributed by atoms with E-state index in [-0.39, 0.29) is 11.4 Å². The van der Waals surface area contributed by atoms with E-state index in [1.165, 1.54) is 12.8 Å². The normalized spacial score (nSPS) is 25.4. The lowest BCUT2D eigenvalue weighted by Gasteiger charge is -2.28. The molecule has 3 fully saturated rings. The number of pyridine rings is 1. The topological polar surface area (TPSA) is 63.1 Å². The van der Waals surface area contributed by atoms with Crippen LogP contribution in [-0.4, -0.2) is 50.7 Å². The Morgan fingerprint density at radius 1 is 1.14 bits per heavy atom. The summed E-state index contributed by atoms with van der Waals surface area (Å²) in [7, 11) is 0. The fourth-order valence-corrected chi connectivity index (χ4v) is 4.99. The van der Waals surface area contributed by atoms with Gasteiger partial charge < -0.3 is 10.2 Å². The second kappa shape index (κ2) is 6.28. The number of carbonyl (C=O) groups is 1. The van der Waals surface area contributed by atoms with Crippen LogP contribution in [0.15, 0.2) is 6.07 Å². The number of aryl methyl sites for hydroxylation is 1. The molecule has 1 amide bonds. The van der Waals surface area contributed by atoms with Crippen LogP contribution in [0.2, 0.25) is 0 Å². The molecule has 5 rings (SSSR count). The molecular formula is C22H31N5O. The first-order valence-electron chi connectivity index (χ1n) is 10.8. The second-order valence-corrected chi connectivity index (χ2v) is 9.83. The summed E-state index contributed by atoms with van der Waals surface area (Å²) < 4.78 is 2.01. The highest BCUT2D eigenvalue weighted by atomic mass is 16.2. The van der Waals surface area contributed by atoms with Crippen LogP contribution < -0.4 is 5.32 Å². The van der Waals surface area contributed by atoms with E-state index in [4.69, 9.17) is 10.1 Å².